The summed E-state index contributed by atoms with van der Waals surface area (Å²) in [6.07, 6.45) is 2.47. The zero-order valence-corrected chi connectivity index (χ0v) is 14.2. The summed E-state index contributed by atoms with van der Waals surface area (Å²) in [5, 5.41) is 0.393. The van der Waals surface area contributed by atoms with Crippen LogP contribution in [0, 0.1) is 5.82 Å². The van der Waals surface area contributed by atoms with E-state index in [0.717, 1.165) is 23.4 Å². The fourth-order valence-corrected chi connectivity index (χ4v) is 4.38. The van der Waals surface area contributed by atoms with Crippen molar-refractivity contribution < 1.29 is 4.39 Å². The number of hydrogen-bond donors (Lipinski definition) is 0. The van der Waals surface area contributed by atoms with Gasteiger partial charge in [0.15, 0.2) is 0 Å². The van der Waals surface area contributed by atoms with Gasteiger partial charge >= 0.3 is 0 Å². The third-order valence-electron chi connectivity index (χ3n) is 3.59. The van der Waals surface area contributed by atoms with E-state index in [9.17, 15) is 4.39 Å². The molecule has 0 aliphatic carbocycles. The Hall–Kier alpha value is -0.260. The molecule has 2 atom stereocenters. The van der Waals surface area contributed by atoms with Crippen LogP contribution in [0.5, 0.6) is 0 Å². The van der Waals surface area contributed by atoms with Gasteiger partial charge in [-0.3, -0.25) is 0 Å². The van der Waals surface area contributed by atoms with E-state index >= 15 is 0 Å². The van der Waals surface area contributed by atoms with Crippen molar-refractivity contribution in [3.05, 3.63) is 28.2 Å². The molecule has 1 aliphatic heterocycles. The van der Waals surface area contributed by atoms with Gasteiger partial charge < -0.3 is 4.57 Å². The maximum absolute atomic E-state index is 13.8. The van der Waals surface area contributed by atoms with E-state index in [4.69, 9.17) is 11.6 Å². The third kappa shape index (κ3) is 2.72. The molecule has 1 aromatic carbocycles. The lowest BCUT2D eigenvalue weighted by molar-refractivity contribution is 0.611. The van der Waals surface area contributed by atoms with Crippen molar-refractivity contribution in [3.8, 4) is 0 Å². The van der Waals surface area contributed by atoms with E-state index in [1.807, 2.05) is 18.7 Å². The SMILES string of the molecule is CC(Cl)c1nc2cc(Br)c(F)cc2n1CC1CCCS1. The molecule has 108 valence electrons. The molecular formula is C14H15BrClFN2S. The van der Waals surface area contributed by atoms with Crippen LogP contribution in [-0.2, 0) is 6.54 Å². The summed E-state index contributed by atoms with van der Waals surface area (Å²) in [6, 6.07) is 3.28. The third-order valence-corrected chi connectivity index (χ3v) is 5.77. The lowest BCUT2D eigenvalue weighted by atomic mass is 10.2. The van der Waals surface area contributed by atoms with Crippen molar-refractivity contribution in [1.82, 2.24) is 9.55 Å². The predicted octanol–water partition coefficient (Wildman–Crippen LogP) is 5.13. The average molecular weight is 378 g/mol. The highest BCUT2D eigenvalue weighted by atomic mass is 79.9. The maximum Gasteiger partial charge on any atom is 0.139 e. The molecule has 0 spiro atoms. The Labute approximate surface area is 135 Å². The first-order chi connectivity index (χ1) is 9.56. The Morgan fingerprint density at radius 1 is 1.60 bits per heavy atom. The van der Waals surface area contributed by atoms with Crippen LogP contribution in [0.3, 0.4) is 0 Å². The van der Waals surface area contributed by atoms with Gasteiger partial charge in [-0.1, -0.05) is 0 Å². The van der Waals surface area contributed by atoms with E-state index in [1.165, 1.54) is 18.6 Å². The fourth-order valence-electron chi connectivity index (χ4n) is 2.63. The van der Waals surface area contributed by atoms with E-state index in [-0.39, 0.29) is 11.2 Å². The summed E-state index contributed by atoms with van der Waals surface area (Å²) in [7, 11) is 0. The Kier molecular flexibility index (Phi) is 4.29. The number of benzene rings is 1. The molecule has 1 fully saturated rings. The summed E-state index contributed by atoms with van der Waals surface area (Å²) in [5.74, 6) is 1.78. The van der Waals surface area contributed by atoms with Gasteiger partial charge in [-0.2, -0.15) is 11.8 Å². The largest absolute Gasteiger partial charge is 0.326 e. The van der Waals surface area contributed by atoms with Crippen molar-refractivity contribution in [1.29, 1.82) is 0 Å². The van der Waals surface area contributed by atoms with Crippen LogP contribution in [0.2, 0.25) is 0 Å². The number of nitrogens with zero attached hydrogens (tertiary/aromatic N) is 2. The van der Waals surface area contributed by atoms with Gasteiger partial charge in [0.2, 0.25) is 0 Å². The Morgan fingerprint density at radius 2 is 2.40 bits per heavy atom. The monoisotopic (exact) mass is 376 g/mol. The summed E-state index contributed by atoms with van der Waals surface area (Å²) in [4.78, 5) is 4.58. The molecule has 0 N–H and O–H groups in total. The van der Waals surface area contributed by atoms with Crippen LogP contribution >= 0.6 is 39.3 Å². The summed E-state index contributed by atoms with van der Waals surface area (Å²) in [5.41, 5.74) is 1.63. The van der Waals surface area contributed by atoms with Gasteiger partial charge in [-0.25, -0.2) is 9.37 Å². The minimum atomic E-state index is -0.258. The minimum Gasteiger partial charge on any atom is -0.326 e. The first kappa shape index (κ1) is 14.7. The highest BCUT2D eigenvalue weighted by molar-refractivity contribution is 9.10. The van der Waals surface area contributed by atoms with Crippen molar-refractivity contribution in [3.63, 3.8) is 0 Å². The number of imidazole rings is 1. The van der Waals surface area contributed by atoms with Gasteiger partial charge in [0.1, 0.15) is 11.6 Å². The van der Waals surface area contributed by atoms with Crippen LogP contribution < -0.4 is 0 Å². The van der Waals surface area contributed by atoms with Gasteiger partial charge in [-0.15, -0.1) is 11.6 Å². The molecule has 2 unspecified atom stereocenters. The molecule has 2 heterocycles. The van der Waals surface area contributed by atoms with E-state index < -0.39 is 0 Å². The van der Waals surface area contributed by atoms with Crippen LogP contribution in [0.15, 0.2) is 16.6 Å². The predicted molar refractivity (Wildman–Crippen MR) is 87.1 cm³/mol. The number of aromatic nitrogens is 2. The average Bonchev–Trinajstić information content (AvgIpc) is 3.00. The van der Waals surface area contributed by atoms with Crippen molar-refractivity contribution in [2.75, 3.05) is 5.75 Å². The molecule has 0 amide bonds. The molecule has 0 radical (unpaired) electrons. The molecule has 1 aliphatic rings. The molecule has 3 rings (SSSR count). The smallest absolute Gasteiger partial charge is 0.139 e. The van der Waals surface area contributed by atoms with Crippen molar-refractivity contribution in [2.24, 2.45) is 0 Å². The van der Waals surface area contributed by atoms with E-state index in [2.05, 4.69) is 25.5 Å². The molecule has 0 saturated carbocycles. The van der Waals surface area contributed by atoms with Crippen LogP contribution in [-0.4, -0.2) is 20.6 Å². The summed E-state index contributed by atoms with van der Waals surface area (Å²) in [6.45, 7) is 2.76. The van der Waals surface area contributed by atoms with Gasteiger partial charge in [0.05, 0.1) is 20.9 Å². The number of rotatable bonds is 3. The molecule has 20 heavy (non-hydrogen) atoms. The standard InChI is InChI=1S/C14H15BrClFN2S/c1-8(16)14-18-12-5-10(15)11(17)6-13(12)19(14)7-9-3-2-4-20-9/h5-6,8-9H,2-4,7H2,1H3. The van der Waals surface area contributed by atoms with Crippen LogP contribution in [0.25, 0.3) is 11.0 Å². The van der Waals surface area contributed by atoms with Crippen molar-refractivity contribution in [2.45, 2.75) is 36.9 Å². The second kappa shape index (κ2) is 5.85. The molecule has 1 aromatic heterocycles. The van der Waals surface area contributed by atoms with Gasteiger partial charge in [-0.05, 0) is 47.5 Å². The molecular weight excluding hydrogens is 363 g/mol. The zero-order valence-electron chi connectivity index (χ0n) is 11.1. The second-order valence-corrected chi connectivity index (χ2v) is 8.00. The van der Waals surface area contributed by atoms with Crippen LogP contribution in [0.4, 0.5) is 4.39 Å². The molecule has 2 nitrogen and oxygen atoms in total. The van der Waals surface area contributed by atoms with Gasteiger partial charge in [0.25, 0.3) is 0 Å². The highest BCUT2D eigenvalue weighted by Gasteiger charge is 2.22. The second-order valence-electron chi connectivity index (χ2n) is 5.09. The topological polar surface area (TPSA) is 17.8 Å². The lowest BCUT2D eigenvalue weighted by Gasteiger charge is -2.14. The zero-order chi connectivity index (χ0) is 14.3. The summed E-state index contributed by atoms with van der Waals surface area (Å²) < 4.78 is 16.4. The normalized spacial score (nSPS) is 20.7. The van der Waals surface area contributed by atoms with E-state index in [0.29, 0.717) is 9.72 Å². The maximum atomic E-state index is 13.8. The molecule has 0 bridgehead atoms. The first-order valence-corrected chi connectivity index (χ1v) is 8.95. The minimum absolute atomic E-state index is 0.185. The van der Waals surface area contributed by atoms with Crippen LogP contribution in [0.1, 0.15) is 31.0 Å². The quantitative estimate of drug-likeness (QED) is 0.690. The number of halogens is 3. The Bertz CT molecular complexity index is 638. The lowest BCUT2D eigenvalue weighted by Crippen LogP contribution is -2.13. The molecule has 1 saturated heterocycles. The summed E-state index contributed by atoms with van der Waals surface area (Å²) >= 11 is 11.4. The number of hydrogen-bond acceptors (Lipinski definition) is 2. The molecule has 2 aromatic rings. The van der Waals surface area contributed by atoms with E-state index in [1.54, 1.807) is 12.1 Å². The number of fused-ring (bicyclic) bond motifs is 1. The van der Waals surface area contributed by atoms with Crippen molar-refractivity contribution >= 4 is 50.3 Å². The first-order valence-electron chi connectivity index (χ1n) is 6.67. The Balaban J connectivity index is 2.10. The molecule has 6 heteroatoms. The number of thioether (sulfide) groups is 1. The Morgan fingerprint density at radius 3 is 3.05 bits per heavy atom. The fraction of sp³-hybridized carbons (Fsp3) is 0.500. The van der Waals surface area contributed by atoms with Gasteiger partial charge in [0, 0.05) is 17.9 Å². The highest BCUT2D eigenvalue weighted by Crippen LogP contribution is 2.32. The number of alkyl halides is 1.